The largest absolute Gasteiger partial charge is 0.491 e. The minimum absolute atomic E-state index is 0.388. The fraction of sp³-hybridized carbons (Fsp3) is 0.250. The molecule has 0 radical (unpaired) electrons. The monoisotopic (exact) mass is 258 g/mol. The maximum Gasteiger partial charge on any atom is 0.342 e. The molecule has 0 saturated carbocycles. The van der Waals surface area contributed by atoms with Gasteiger partial charge in [0.15, 0.2) is 23.5 Å². The van der Waals surface area contributed by atoms with Gasteiger partial charge in [-0.2, -0.15) is 4.39 Å². The molecule has 0 heterocycles. The summed E-state index contributed by atoms with van der Waals surface area (Å²) in [4.78, 5) is 11.5. The first-order valence-corrected chi connectivity index (χ1v) is 4.81. The highest BCUT2D eigenvalue weighted by atomic mass is 19.2. The Bertz CT molecular complexity index is 520. The quantitative estimate of drug-likeness (QED) is 0.474. The minimum atomic E-state index is -1.52. The molecule has 1 rings (SSSR count). The van der Waals surface area contributed by atoms with Crippen LogP contribution in [0.1, 0.15) is 17.3 Å². The molecule has 0 aliphatic rings. The number of carbonyl (C=O) groups is 1. The van der Waals surface area contributed by atoms with E-state index >= 15 is 0 Å². The molecule has 1 aromatic carbocycles. The zero-order valence-electron chi connectivity index (χ0n) is 9.59. The highest BCUT2D eigenvalue weighted by molar-refractivity contribution is 5.90. The zero-order valence-corrected chi connectivity index (χ0v) is 9.59. The molecule has 0 fully saturated rings. The van der Waals surface area contributed by atoms with E-state index in [0.29, 0.717) is 6.07 Å². The van der Waals surface area contributed by atoms with E-state index in [-0.39, 0.29) is 0 Å². The summed E-state index contributed by atoms with van der Waals surface area (Å²) in [5.74, 6) is -4.40. The molecule has 0 amide bonds. The maximum absolute atomic E-state index is 13.6. The van der Waals surface area contributed by atoms with Crippen LogP contribution in [0.2, 0.25) is 0 Å². The molecule has 3 nitrogen and oxygen atoms in total. The van der Waals surface area contributed by atoms with Crippen molar-refractivity contribution in [2.45, 2.75) is 13.0 Å². The Balaban J connectivity index is 3.22. The lowest BCUT2D eigenvalue weighted by atomic mass is 10.2. The molecule has 6 heteroatoms. The van der Waals surface area contributed by atoms with E-state index in [4.69, 9.17) is 6.42 Å². The van der Waals surface area contributed by atoms with Gasteiger partial charge in [0.1, 0.15) is 5.56 Å². The molecule has 1 unspecified atom stereocenters. The van der Waals surface area contributed by atoms with Gasteiger partial charge in [-0.25, -0.2) is 13.6 Å². The highest BCUT2D eigenvalue weighted by Gasteiger charge is 2.25. The number of terminal acetylenes is 1. The fourth-order valence-electron chi connectivity index (χ4n) is 1.17. The molecule has 0 bridgehead atoms. The number of hydrogen-bond acceptors (Lipinski definition) is 3. The van der Waals surface area contributed by atoms with Gasteiger partial charge >= 0.3 is 5.97 Å². The standard InChI is InChI=1S/C12H9F3O3/c1-4-6(2)18-12(16)7-5-8(13)10(15)11(17-3)9(7)14/h1,5-6H,2-3H3. The normalized spacial score (nSPS) is 11.6. The van der Waals surface area contributed by atoms with Crippen LogP contribution >= 0.6 is 0 Å². The molecule has 0 aromatic heterocycles. The lowest BCUT2D eigenvalue weighted by Gasteiger charge is -2.10. The summed E-state index contributed by atoms with van der Waals surface area (Å²) in [5.41, 5.74) is -0.784. The molecular formula is C12H9F3O3. The van der Waals surface area contributed by atoms with Crippen LogP contribution in [0.25, 0.3) is 0 Å². The van der Waals surface area contributed by atoms with E-state index in [2.05, 4.69) is 15.4 Å². The number of hydrogen-bond donors (Lipinski definition) is 0. The predicted octanol–water partition coefficient (Wildman–Crippen LogP) is 2.29. The van der Waals surface area contributed by atoms with E-state index in [1.54, 1.807) is 0 Å². The van der Waals surface area contributed by atoms with Crippen molar-refractivity contribution in [1.29, 1.82) is 0 Å². The van der Waals surface area contributed by atoms with Crippen molar-refractivity contribution in [3.8, 4) is 18.1 Å². The Labute approximate surface area is 102 Å². The Morgan fingerprint density at radius 3 is 2.50 bits per heavy atom. The summed E-state index contributed by atoms with van der Waals surface area (Å²) < 4.78 is 48.8. The fourth-order valence-corrected chi connectivity index (χ4v) is 1.17. The molecule has 96 valence electrons. The number of methoxy groups -OCH3 is 1. The molecule has 0 aliphatic carbocycles. The minimum Gasteiger partial charge on any atom is -0.491 e. The number of benzene rings is 1. The summed E-state index contributed by atoms with van der Waals surface area (Å²) in [6.45, 7) is 1.37. The Kier molecular flexibility index (Phi) is 4.21. The highest BCUT2D eigenvalue weighted by Crippen LogP contribution is 2.27. The second-order valence-corrected chi connectivity index (χ2v) is 3.28. The van der Waals surface area contributed by atoms with Gasteiger partial charge in [-0.15, -0.1) is 6.42 Å². The van der Waals surface area contributed by atoms with Gasteiger partial charge in [0, 0.05) is 0 Å². The Morgan fingerprint density at radius 2 is 2.00 bits per heavy atom. The molecule has 0 spiro atoms. The van der Waals surface area contributed by atoms with Crippen molar-refractivity contribution >= 4 is 5.97 Å². The first-order chi connectivity index (χ1) is 8.42. The van der Waals surface area contributed by atoms with Crippen molar-refractivity contribution in [1.82, 2.24) is 0 Å². The second-order valence-electron chi connectivity index (χ2n) is 3.28. The summed E-state index contributed by atoms with van der Waals surface area (Å²) in [7, 11) is 0.945. The molecule has 1 atom stereocenters. The maximum atomic E-state index is 13.6. The van der Waals surface area contributed by atoms with Crippen LogP contribution in [0.4, 0.5) is 13.2 Å². The average Bonchev–Trinajstić information content (AvgIpc) is 2.34. The SMILES string of the molecule is C#CC(C)OC(=O)c1cc(F)c(F)c(OC)c1F. The molecule has 18 heavy (non-hydrogen) atoms. The number of carbonyl (C=O) groups excluding carboxylic acids is 1. The first kappa shape index (κ1) is 13.9. The van der Waals surface area contributed by atoms with Gasteiger partial charge in [0.2, 0.25) is 5.82 Å². The third kappa shape index (κ3) is 2.56. The summed E-state index contributed by atoms with van der Waals surface area (Å²) in [5, 5.41) is 0. The van der Waals surface area contributed by atoms with Crippen LogP contribution in [0.5, 0.6) is 5.75 Å². The molecular weight excluding hydrogens is 249 g/mol. The summed E-state index contributed by atoms with van der Waals surface area (Å²) in [6.07, 6.45) is 4.05. The Hall–Kier alpha value is -2.16. The van der Waals surface area contributed by atoms with Gasteiger partial charge < -0.3 is 9.47 Å². The summed E-state index contributed by atoms with van der Waals surface area (Å²) >= 11 is 0. The van der Waals surface area contributed by atoms with Crippen LogP contribution in [-0.4, -0.2) is 19.2 Å². The van der Waals surface area contributed by atoms with Gasteiger partial charge in [-0.1, -0.05) is 5.92 Å². The first-order valence-electron chi connectivity index (χ1n) is 4.81. The van der Waals surface area contributed by atoms with Crippen LogP contribution in [0.3, 0.4) is 0 Å². The van der Waals surface area contributed by atoms with Gasteiger partial charge in [-0.3, -0.25) is 0 Å². The summed E-state index contributed by atoms with van der Waals surface area (Å²) in [6, 6.07) is 0.388. The number of halogens is 3. The second kappa shape index (κ2) is 5.45. The van der Waals surface area contributed by atoms with E-state index < -0.39 is 40.8 Å². The van der Waals surface area contributed by atoms with Crippen molar-refractivity contribution in [3.63, 3.8) is 0 Å². The van der Waals surface area contributed by atoms with Crippen LogP contribution in [0.15, 0.2) is 6.07 Å². The third-order valence-corrected chi connectivity index (χ3v) is 2.06. The average molecular weight is 258 g/mol. The van der Waals surface area contributed by atoms with Crippen molar-refractivity contribution in [3.05, 3.63) is 29.1 Å². The number of rotatable bonds is 3. The van der Waals surface area contributed by atoms with Crippen LogP contribution in [-0.2, 0) is 4.74 Å². The van der Waals surface area contributed by atoms with E-state index in [1.807, 2.05) is 0 Å². The smallest absolute Gasteiger partial charge is 0.342 e. The predicted molar refractivity (Wildman–Crippen MR) is 56.6 cm³/mol. The topological polar surface area (TPSA) is 35.5 Å². The van der Waals surface area contributed by atoms with Crippen molar-refractivity contribution in [2.24, 2.45) is 0 Å². The van der Waals surface area contributed by atoms with Crippen molar-refractivity contribution < 1.29 is 27.4 Å². The molecule has 1 aromatic rings. The number of ether oxygens (including phenoxy) is 2. The van der Waals surface area contributed by atoms with E-state index in [0.717, 1.165) is 7.11 Å². The zero-order chi connectivity index (χ0) is 13.9. The molecule has 0 N–H and O–H groups in total. The van der Waals surface area contributed by atoms with Gasteiger partial charge in [0.05, 0.1) is 7.11 Å². The van der Waals surface area contributed by atoms with Crippen molar-refractivity contribution in [2.75, 3.05) is 7.11 Å². The third-order valence-electron chi connectivity index (χ3n) is 2.06. The number of esters is 1. The lowest BCUT2D eigenvalue weighted by Crippen LogP contribution is -2.16. The Morgan fingerprint density at radius 1 is 1.39 bits per heavy atom. The van der Waals surface area contributed by atoms with E-state index in [1.165, 1.54) is 6.92 Å². The van der Waals surface area contributed by atoms with Crippen LogP contribution < -0.4 is 4.74 Å². The van der Waals surface area contributed by atoms with E-state index in [9.17, 15) is 18.0 Å². The van der Waals surface area contributed by atoms with Gasteiger partial charge in [0.25, 0.3) is 0 Å². The van der Waals surface area contributed by atoms with Crippen LogP contribution in [0, 0.1) is 29.8 Å². The molecule has 0 aliphatic heterocycles. The van der Waals surface area contributed by atoms with Gasteiger partial charge in [-0.05, 0) is 13.0 Å². The lowest BCUT2D eigenvalue weighted by molar-refractivity contribution is 0.0431. The molecule has 0 saturated heterocycles.